The Hall–Kier alpha value is -1.77. The SMILES string of the molecule is CNc1conc1C1Cc2ccccc2CC1(C)C. The predicted molar refractivity (Wildman–Crippen MR) is 76.4 cm³/mol. The van der Waals surface area contributed by atoms with Gasteiger partial charge < -0.3 is 9.84 Å². The second kappa shape index (κ2) is 4.41. The smallest absolute Gasteiger partial charge is 0.147 e. The Morgan fingerprint density at radius 3 is 2.74 bits per heavy atom. The maximum Gasteiger partial charge on any atom is 0.147 e. The van der Waals surface area contributed by atoms with Gasteiger partial charge in [-0.15, -0.1) is 0 Å². The Balaban J connectivity index is 2.03. The van der Waals surface area contributed by atoms with Crippen LogP contribution in [0.15, 0.2) is 35.1 Å². The Morgan fingerprint density at radius 2 is 2.00 bits per heavy atom. The Labute approximate surface area is 114 Å². The molecule has 0 aliphatic heterocycles. The standard InChI is InChI=1S/C16H20N2O/c1-16(2)9-12-7-5-4-6-11(12)8-13(16)15-14(17-3)10-19-18-15/h4-7,10,13,17H,8-9H2,1-3H3. The van der Waals surface area contributed by atoms with Crippen LogP contribution in [-0.4, -0.2) is 12.2 Å². The van der Waals surface area contributed by atoms with E-state index in [-0.39, 0.29) is 5.41 Å². The van der Waals surface area contributed by atoms with Crippen molar-refractivity contribution in [3.63, 3.8) is 0 Å². The number of nitrogens with one attached hydrogen (secondary N) is 1. The highest BCUT2D eigenvalue weighted by Crippen LogP contribution is 2.46. The van der Waals surface area contributed by atoms with Gasteiger partial charge >= 0.3 is 0 Å². The van der Waals surface area contributed by atoms with Gasteiger partial charge in [0, 0.05) is 13.0 Å². The van der Waals surface area contributed by atoms with Gasteiger partial charge in [-0.05, 0) is 29.4 Å². The van der Waals surface area contributed by atoms with Crippen LogP contribution in [0.1, 0.15) is 36.6 Å². The van der Waals surface area contributed by atoms with Gasteiger partial charge in [-0.3, -0.25) is 0 Å². The fraction of sp³-hybridized carbons (Fsp3) is 0.438. The van der Waals surface area contributed by atoms with E-state index in [0.717, 1.165) is 24.2 Å². The van der Waals surface area contributed by atoms with Gasteiger partial charge in [-0.25, -0.2) is 0 Å². The Bertz CT molecular complexity index is 586. The quantitative estimate of drug-likeness (QED) is 0.891. The van der Waals surface area contributed by atoms with Gasteiger partial charge in [0.15, 0.2) is 0 Å². The van der Waals surface area contributed by atoms with Crippen molar-refractivity contribution < 1.29 is 4.52 Å². The van der Waals surface area contributed by atoms with E-state index in [9.17, 15) is 0 Å². The zero-order chi connectivity index (χ0) is 13.5. The van der Waals surface area contributed by atoms with Crippen molar-refractivity contribution in [1.29, 1.82) is 0 Å². The van der Waals surface area contributed by atoms with E-state index in [4.69, 9.17) is 4.52 Å². The Morgan fingerprint density at radius 1 is 1.26 bits per heavy atom. The van der Waals surface area contributed by atoms with Crippen molar-refractivity contribution in [2.24, 2.45) is 5.41 Å². The predicted octanol–water partition coefficient (Wildman–Crippen LogP) is 3.62. The number of aromatic nitrogens is 1. The van der Waals surface area contributed by atoms with Crippen molar-refractivity contribution in [2.75, 3.05) is 12.4 Å². The lowest BCUT2D eigenvalue weighted by atomic mass is 9.65. The summed E-state index contributed by atoms with van der Waals surface area (Å²) in [5, 5.41) is 7.42. The lowest BCUT2D eigenvalue weighted by Gasteiger charge is -2.39. The summed E-state index contributed by atoms with van der Waals surface area (Å²) in [7, 11) is 1.92. The minimum atomic E-state index is 0.191. The molecule has 1 aromatic carbocycles. The van der Waals surface area contributed by atoms with E-state index < -0.39 is 0 Å². The van der Waals surface area contributed by atoms with Crippen LogP contribution < -0.4 is 5.32 Å². The van der Waals surface area contributed by atoms with Crippen LogP contribution >= 0.6 is 0 Å². The number of fused-ring (bicyclic) bond motifs is 1. The second-order valence-electron chi connectivity index (χ2n) is 6.05. The highest BCUT2D eigenvalue weighted by molar-refractivity contribution is 5.48. The largest absolute Gasteiger partial charge is 0.384 e. The summed E-state index contributed by atoms with van der Waals surface area (Å²) in [6.07, 6.45) is 3.82. The molecule has 0 saturated carbocycles. The van der Waals surface area contributed by atoms with Gasteiger partial charge in [0.25, 0.3) is 0 Å². The van der Waals surface area contributed by atoms with Gasteiger partial charge in [-0.1, -0.05) is 43.3 Å². The third-order valence-electron chi connectivity index (χ3n) is 4.33. The molecule has 100 valence electrons. The van der Waals surface area contributed by atoms with Gasteiger partial charge in [0.1, 0.15) is 12.0 Å². The van der Waals surface area contributed by atoms with Gasteiger partial charge in [0.05, 0.1) is 5.69 Å². The van der Waals surface area contributed by atoms with E-state index in [2.05, 4.69) is 48.6 Å². The number of hydrogen-bond donors (Lipinski definition) is 1. The Kier molecular flexibility index (Phi) is 2.85. The fourth-order valence-electron chi connectivity index (χ4n) is 3.19. The third kappa shape index (κ3) is 2.03. The van der Waals surface area contributed by atoms with Crippen LogP contribution in [0.25, 0.3) is 0 Å². The molecule has 2 aromatic rings. The van der Waals surface area contributed by atoms with Crippen molar-refractivity contribution in [3.8, 4) is 0 Å². The van der Waals surface area contributed by atoms with E-state index in [1.54, 1.807) is 6.26 Å². The average molecular weight is 256 g/mol. The summed E-state index contributed by atoms with van der Waals surface area (Å²) >= 11 is 0. The summed E-state index contributed by atoms with van der Waals surface area (Å²) in [5.74, 6) is 0.392. The minimum Gasteiger partial charge on any atom is -0.384 e. The lowest BCUT2D eigenvalue weighted by molar-refractivity contribution is 0.251. The van der Waals surface area contributed by atoms with Crippen LogP contribution in [-0.2, 0) is 12.8 Å². The average Bonchev–Trinajstić information content (AvgIpc) is 2.84. The van der Waals surface area contributed by atoms with Crippen LogP contribution in [0.5, 0.6) is 0 Å². The molecule has 0 amide bonds. The number of rotatable bonds is 2. The molecule has 0 fully saturated rings. The summed E-state index contributed by atoms with van der Waals surface area (Å²) in [4.78, 5) is 0. The molecule has 19 heavy (non-hydrogen) atoms. The summed E-state index contributed by atoms with van der Waals surface area (Å²) in [6.45, 7) is 4.64. The minimum absolute atomic E-state index is 0.191. The maximum absolute atomic E-state index is 5.16. The van der Waals surface area contributed by atoms with Gasteiger partial charge in [0.2, 0.25) is 0 Å². The van der Waals surface area contributed by atoms with E-state index >= 15 is 0 Å². The number of benzene rings is 1. The molecule has 3 nitrogen and oxygen atoms in total. The molecule has 3 rings (SSSR count). The molecular formula is C16H20N2O. The highest BCUT2D eigenvalue weighted by Gasteiger charge is 2.38. The number of nitrogens with zero attached hydrogens (tertiary/aromatic N) is 1. The third-order valence-corrected chi connectivity index (χ3v) is 4.33. The first-order valence-electron chi connectivity index (χ1n) is 6.80. The number of anilines is 1. The summed E-state index contributed by atoms with van der Waals surface area (Å²) in [5.41, 5.74) is 5.17. The molecule has 3 heteroatoms. The first-order valence-corrected chi connectivity index (χ1v) is 6.80. The molecule has 1 aliphatic carbocycles. The molecule has 1 aromatic heterocycles. The normalized spacial score (nSPS) is 20.9. The highest BCUT2D eigenvalue weighted by atomic mass is 16.5. The molecule has 0 saturated heterocycles. The first kappa shape index (κ1) is 12.3. The van der Waals surface area contributed by atoms with Gasteiger partial charge in [-0.2, -0.15) is 0 Å². The van der Waals surface area contributed by atoms with Crippen molar-refractivity contribution >= 4 is 5.69 Å². The molecule has 1 atom stereocenters. The van der Waals surface area contributed by atoms with E-state index in [1.807, 2.05) is 7.05 Å². The van der Waals surface area contributed by atoms with Crippen LogP contribution in [0.4, 0.5) is 5.69 Å². The molecule has 1 heterocycles. The number of hydrogen-bond acceptors (Lipinski definition) is 3. The zero-order valence-electron chi connectivity index (χ0n) is 11.7. The van der Waals surface area contributed by atoms with Crippen molar-refractivity contribution in [3.05, 3.63) is 47.3 Å². The molecule has 1 unspecified atom stereocenters. The topological polar surface area (TPSA) is 38.1 Å². The van der Waals surface area contributed by atoms with Crippen LogP contribution in [0.3, 0.4) is 0 Å². The summed E-state index contributed by atoms with van der Waals surface area (Å²) < 4.78 is 5.16. The molecule has 0 bridgehead atoms. The lowest BCUT2D eigenvalue weighted by Crippen LogP contribution is -2.32. The molecule has 0 spiro atoms. The van der Waals surface area contributed by atoms with E-state index in [0.29, 0.717) is 5.92 Å². The zero-order valence-corrected chi connectivity index (χ0v) is 11.7. The molecule has 1 N–H and O–H groups in total. The van der Waals surface area contributed by atoms with E-state index in [1.165, 1.54) is 11.1 Å². The van der Waals surface area contributed by atoms with Crippen molar-refractivity contribution in [2.45, 2.75) is 32.6 Å². The molecular weight excluding hydrogens is 236 g/mol. The fourth-order valence-corrected chi connectivity index (χ4v) is 3.19. The molecule has 0 radical (unpaired) electrons. The molecule has 1 aliphatic rings. The summed E-state index contributed by atoms with van der Waals surface area (Å²) in [6, 6.07) is 8.73. The monoisotopic (exact) mass is 256 g/mol. The van der Waals surface area contributed by atoms with Crippen LogP contribution in [0.2, 0.25) is 0 Å². The van der Waals surface area contributed by atoms with Crippen molar-refractivity contribution in [1.82, 2.24) is 5.16 Å². The first-order chi connectivity index (χ1) is 9.12. The second-order valence-corrected chi connectivity index (χ2v) is 6.05. The maximum atomic E-state index is 5.16. The van der Waals surface area contributed by atoms with Crippen LogP contribution in [0, 0.1) is 5.41 Å².